The van der Waals surface area contributed by atoms with Gasteiger partial charge in [0.25, 0.3) is 6.02 Å². The summed E-state index contributed by atoms with van der Waals surface area (Å²) in [6.45, 7) is 3.50. The van der Waals surface area contributed by atoms with Gasteiger partial charge in [-0.25, -0.2) is 9.98 Å². The SMILES string of the molecule is NC1=N[C@@]2(CO1)c1cc(C3CC3)ccc1Oc1ncc(N3CCOCC3)cc12. The summed E-state index contributed by atoms with van der Waals surface area (Å²) < 4.78 is 17.3. The molecular weight excluding hydrogens is 356 g/mol. The van der Waals surface area contributed by atoms with E-state index < -0.39 is 5.54 Å². The molecule has 6 rings (SSSR count). The fourth-order valence-electron chi connectivity index (χ4n) is 4.40. The molecule has 1 aliphatic carbocycles. The lowest BCUT2D eigenvalue weighted by Gasteiger charge is -2.35. The van der Waals surface area contributed by atoms with Gasteiger partial charge in [-0.2, -0.15) is 0 Å². The molecule has 0 amide bonds. The molecule has 2 aromatic rings. The topological polar surface area (TPSA) is 82.2 Å². The monoisotopic (exact) mass is 378 g/mol. The Bertz CT molecular complexity index is 982. The van der Waals surface area contributed by atoms with Gasteiger partial charge in [0.15, 0.2) is 5.54 Å². The van der Waals surface area contributed by atoms with E-state index in [-0.39, 0.29) is 6.02 Å². The van der Waals surface area contributed by atoms with E-state index in [4.69, 9.17) is 24.9 Å². The molecule has 1 aromatic heterocycles. The predicted molar refractivity (Wildman–Crippen MR) is 104 cm³/mol. The van der Waals surface area contributed by atoms with E-state index in [2.05, 4.69) is 28.1 Å². The third-order valence-corrected chi connectivity index (χ3v) is 6.09. The minimum absolute atomic E-state index is 0.215. The summed E-state index contributed by atoms with van der Waals surface area (Å²) in [7, 11) is 0. The predicted octanol–water partition coefficient (Wildman–Crippen LogP) is 2.49. The zero-order valence-corrected chi connectivity index (χ0v) is 15.6. The van der Waals surface area contributed by atoms with Crippen LogP contribution in [0.15, 0.2) is 35.5 Å². The average molecular weight is 378 g/mol. The van der Waals surface area contributed by atoms with Crippen LogP contribution in [0.3, 0.4) is 0 Å². The van der Waals surface area contributed by atoms with E-state index in [1.165, 1.54) is 18.4 Å². The molecule has 4 heterocycles. The molecule has 1 atom stereocenters. The van der Waals surface area contributed by atoms with Gasteiger partial charge in [0.1, 0.15) is 12.4 Å². The van der Waals surface area contributed by atoms with Crippen molar-refractivity contribution >= 4 is 11.7 Å². The number of nitrogens with zero attached hydrogens (tertiary/aromatic N) is 3. The molecule has 7 nitrogen and oxygen atoms in total. The number of benzene rings is 1. The largest absolute Gasteiger partial charge is 0.462 e. The molecule has 1 spiro atoms. The Morgan fingerprint density at radius 2 is 1.96 bits per heavy atom. The molecule has 2 fully saturated rings. The number of aliphatic imine (C=N–C) groups is 1. The number of pyridine rings is 1. The first-order valence-electron chi connectivity index (χ1n) is 9.86. The van der Waals surface area contributed by atoms with Crippen LogP contribution in [0.4, 0.5) is 5.69 Å². The first kappa shape index (κ1) is 16.2. The van der Waals surface area contributed by atoms with Crippen molar-refractivity contribution in [1.82, 2.24) is 4.98 Å². The smallest absolute Gasteiger partial charge is 0.283 e. The molecule has 28 heavy (non-hydrogen) atoms. The van der Waals surface area contributed by atoms with Crippen LogP contribution in [0.5, 0.6) is 11.6 Å². The molecule has 144 valence electrons. The number of hydrogen-bond donors (Lipinski definition) is 1. The van der Waals surface area contributed by atoms with Crippen LogP contribution in [-0.4, -0.2) is 43.9 Å². The van der Waals surface area contributed by atoms with Crippen molar-refractivity contribution in [3.63, 3.8) is 0 Å². The lowest BCUT2D eigenvalue weighted by molar-refractivity contribution is 0.122. The van der Waals surface area contributed by atoms with E-state index in [0.29, 0.717) is 18.4 Å². The third-order valence-electron chi connectivity index (χ3n) is 6.09. The van der Waals surface area contributed by atoms with Gasteiger partial charge in [-0.1, -0.05) is 6.07 Å². The van der Waals surface area contributed by atoms with E-state index in [9.17, 15) is 0 Å². The number of nitrogens with two attached hydrogens (primary N) is 1. The Hall–Kier alpha value is -2.80. The molecule has 1 aromatic carbocycles. The van der Waals surface area contributed by atoms with Crippen molar-refractivity contribution in [3.8, 4) is 11.6 Å². The first-order valence-corrected chi connectivity index (χ1v) is 9.86. The highest BCUT2D eigenvalue weighted by molar-refractivity contribution is 5.77. The number of hydrogen-bond acceptors (Lipinski definition) is 7. The van der Waals surface area contributed by atoms with Crippen LogP contribution in [0, 0.1) is 0 Å². The number of rotatable bonds is 2. The number of amidine groups is 1. The standard InChI is InChI=1S/C21H22N4O3/c22-20-24-21(12-27-20)16-9-14(13-1-2-13)3-4-18(16)28-19-17(21)10-15(11-23-19)25-5-7-26-8-6-25/h3-4,9-11,13H,1-2,5-8,12H2,(H2,22,24)/t21-/m0/s1. The van der Waals surface area contributed by atoms with Crippen LogP contribution in [0.2, 0.25) is 0 Å². The maximum Gasteiger partial charge on any atom is 0.283 e. The van der Waals surface area contributed by atoms with Gasteiger partial charge in [0.05, 0.1) is 30.7 Å². The Labute approximate surface area is 163 Å². The van der Waals surface area contributed by atoms with Crippen LogP contribution in [-0.2, 0) is 15.0 Å². The van der Waals surface area contributed by atoms with Crippen molar-refractivity contribution < 1.29 is 14.2 Å². The third kappa shape index (κ3) is 2.39. The fraction of sp³-hybridized carbons (Fsp3) is 0.429. The van der Waals surface area contributed by atoms with Gasteiger partial charge in [-0.05, 0) is 42.5 Å². The maximum atomic E-state index is 6.18. The lowest BCUT2D eigenvalue weighted by atomic mass is 9.81. The number of anilines is 1. The molecule has 1 saturated heterocycles. The molecular formula is C21H22N4O3. The second-order valence-electron chi connectivity index (χ2n) is 7.88. The van der Waals surface area contributed by atoms with Crippen molar-refractivity contribution in [2.75, 3.05) is 37.8 Å². The van der Waals surface area contributed by atoms with Crippen molar-refractivity contribution in [1.29, 1.82) is 0 Å². The second-order valence-corrected chi connectivity index (χ2v) is 7.88. The summed E-state index contributed by atoms with van der Waals surface area (Å²) in [6.07, 6.45) is 4.35. The van der Waals surface area contributed by atoms with E-state index in [1.54, 1.807) is 0 Å². The summed E-state index contributed by atoms with van der Waals surface area (Å²) >= 11 is 0. The second kappa shape index (κ2) is 5.85. The Kier molecular flexibility index (Phi) is 3.38. The maximum absolute atomic E-state index is 6.18. The molecule has 3 aliphatic heterocycles. The average Bonchev–Trinajstić information content (AvgIpc) is 3.51. The van der Waals surface area contributed by atoms with Crippen LogP contribution >= 0.6 is 0 Å². The highest BCUT2D eigenvalue weighted by Crippen LogP contribution is 2.52. The minimum Gasteiger partial charge on any atom is -0.462 e. The van der Waals surface area contributed by atoms with Gasteiger partial charge in [0, 0.05) is 18.7 Å². The van der Waals surface area contributed by atoms with Gasteiger partial charge in [-0.15, -0.1) is 0 Å². The molecule has 7 heteroatoms. The zero-order chi connectivity index (χ0) is 18.7. The fourth-order valence-corrected chi connectivity index (χ4v) is 4.40. The quantitative estimate of drug-likeness (QED) is 0.865. The first-order chi connectivity index (χ1) is 13.7. The van der Waals surface area contributed by atoms with Crippen LogP contribution in [0.25, 0.3) is 0 Å². The molecule has 0 radical (unpaired) electrons. The number of aromatic nitrogens is 1. The highest BCUT2D eigenvalue weighted by atomic mass is 16.5. The number of fused-ring (bicyclic) bond motifs is 4. The summed E-state index contributed by atoms with van der Waals surface area (Å²) in [6, 6.07) is 8.76. The highest BCUT2D eigenvalue weighted by Gasteiger charge is 2.48. The Morgan fingerprint density at radius 3 is 2.71 bits per heavy atom. The summed E-state index contributed by atoms with van der Waals surface area (Å²) in [5, 5.41) is 0. The van der Waals surface area contributed by atoms with Crippen LogP contribution < -0.4 is 15.4 Å². The minimum atomic E-state index is -0.701. The van der Waals surface area contributed by atoms with Crippen molar-refractivity contribution in [2.24, 2.45) is 10.7 Å². The Balaban J connectivity index is 1.51. The molecule has 0 unspecified atom stereocenters. The van der Waals surface area contributed by atoms with Gasteiger partial charge in [0.2, 0.25) is 5.88 Å². The summed E-state index contributed by atoms with van der Waals surface area (Å²) in [4.78, 5) is 11.7. The van der Waals surface area contributed by atoms with E-state index in [1.807, 2.05) is 12.3 Å². The van der Waals surface area contributed by atoms with Gasteiger partial charge >= 0.3 is 0 Å². The molecule has 0 bridgehead atoms. The van der Waals surface area contributed by atoms with Crippen LogP contribution in [0.1, 0.15) is 35.4 Å². The van der Waals surface area contributed by atoms with Gasteiger partial charge < -0.3 is 24.8 Å². The van der Waals surface area contributed by atoms with Gasteiger partial charge in [-0.3, -0.25) is 0 Å². The molecule has 4 aliphatic rings. The molecule has 2 N–H and O–H groups in total. The van der Waals surface area contributed by atoms with E-state index in [0.717, 1.165) is 48.9 Å². The number of ether oxygens (including phenoxy) is 3. The lowest BCUT2D eigenvalue weighted by Crippen LogP contribution is -2.37. The molecule has 1 saturated carbocycles. The number of morpholine rings is 1. The van der Waals surface area contributed by atoms with E-state index >= 15 is 0 Å². The summed E-state index contributed by atoms with van der Waals surface area (Å²) in [5.74, 6) is 2.00. The van der Waals surface area contributed by atoms with Crippen molar-refractivity contribution in [3.05, 3.63) is 47.2 Å². The van der Waals surface area contributed by atoms with Crippen molar-refractivity contribution in [2.45, 2.75) is 24.3 Å². The zero-order valence-electron chi connectivity index (χ0n) is 15.6. The summed E-state index contributed by atoms with van der Waals surface area (Å²) in [5.41, 5.74) is 9.60. The normalized spacial score (nSPS) is 25.6. The Morgan fingerprint density at radius 1 is 1.11 bits per heavy atom.